The van der Waals surface area contributed by atoms with E-state index in [1.165, 1.54) is 11.0 Å². The molecule has 3 rings (SSSR count). The largest absolute Gasteiger partial charge is 0.550 e. The van der Waals surface area contributed by atoms with Crippen molar-refractivity contribution in [3.8, 4) is 0 Å². The number of benzene rings is 2. The Morgan fingerprint density at radius 1 is 1.15 bits per heavy atom. The number of carboxylic acid groups (broad SMARTS) is 1. The molecule has 8 heteroatoms. The molecule has 1 aliphatic rings. The summed E-state index contributed by atoms with van der Waals surface area (Å²) in [4.78, 5) is 24.3. The molecule has 0 aromatic heterocycles. The predicted octanol–water partition coefficient (Wildman–Crippen LogP) is 1.02. The van der Waals surface area contributed by atoms with Crippen LogP contribution in [0.4, 0.5) is 5.69 Å². The zero-order valence-electron chi connectivity index (χ0n) is 14.3. The molecule has 0 aliphatic carbocycles. The Bertz CT molecular complexity index is 984. The predicted molar refractivity (Wildman–Crippen MR) is 95.3 cm³/mol. The molecule has 0 bridgehead atoms. The van der Waals surface area contributed by atoms with Gasteiger partial charge in [-0.25, -0.2) is 13.1 Å². The molecule has 1 N–H and O–H groups in total. The van der Waals surface area contributed by atoms with Gasteiger partial charge >= 0.3 is 0 Å². The number of carboxylic acids is 1. The van der Waals surface area contributed by atoms with E-state index in [9.17, 15) is 23.1 Å². The van der Waals surface area contributed by atoms with E-state index in [1.54, 1.807) is 31.3 Å². The highest BCUT2D eigenvalue weighted by atomic mass is 32.2. The van der Waals surface area contributed by atoms with Gasteiger partial charge in [-0.05, 0) is 37.5 Å². The normalized spacial score (nSPS) is 13.6. The summed E-state index contributed by atoms with van der Waals surface area (Å²) in [7, 11) is -2.08. The Balaban J connectivity index is 1.80. The van der Waals surface area contributed by atoms with E-state index in [1.807, 2.05) is 0 Å². The lowest BCUT2D eigenvalue weighted by atomic mass is 10.1. The van der Waals surface area contributed by atoms with Gasteiger partial charge in [-0.1, -0.05) is 18.6 Å². The summed E-state index contributed by atoms with van der Waals surface area (Å²) < 4.78 is 27.9. The number of hydrogen-bond acceptors (Lipinski definition) is 5. The number of unbranched alkanes of at least 4 members (excludes halogenated alkanes) is 2. The van der Waals surface area contributed by atoms with Crippen LogP contribution in [0.2, 0.25) is 0 Å². The maximum atomic E-state index is 12.7. The first-order chi connectivity index (χ1) is 12.3. The fraction of sp³-hybridized carbons (Fsp3) is 0.333. The SMILES string of the molecule is CN1C(=O)c2cccc3c(S(=O)(=O)NCCCCCC(=O)[O-])ccc1c23. The summed E-state index contributed by atoms with van der Waals surface area (Å²) in [5.41, 5.74) is 1.20. The van der Waals surface area contributed by atoms with Gasteiger partial charge in [-0.2, -0.15) is 0 Å². The monoisotopic (exact) mass is 375 g/mol. The summed E-state index contributed by atoms with van der Waals surface area (Å²) in [5, 5.41) is 11.5. The van der Waals surface area contributed by atoms with Crippen LogP contribution in [0.5, 0.6) is 0 Å². The number of carbonyl (C=O) groups is 2. The summed E-state index contributed by atoms with van der Waals surface area (Å²) >= 11 is 0. The first-order valence-electron chi connectivity index (χ1n) is 8.36. The fourth-order valence-corrected chi connectivity index (χ4v) is 4.47. The summed E-state index contributed by atoms with van der Waals surface area (Å²) in [6.45, 7) is 0.219. The third-order valence-electron chi connectivity index (χ3n) is 4.51. The van der Waals surface area contributed by atoms with Crippen molar-refractivity contribution in [3.05, 3.63) is 35.9 Å². The smallest absolute Gasteiger partial charge is 0.258 e. The van der Waals surface area contributed by atoms with Gasteiger partial charge in [0, 0.05) is 35.9 Å². The molecular formula is C18H19N2O5S-. The van der Waals surface area contributed by atoms with E-state index in [4.69, 9.17) is 0 Å². The highest BCUT2D eigenvalue weighted by Gasteiger charge is 2.29. The number of anilines is 1. The molecule has 0 spiro atoms. The molecule has 2 aromatic carbocycles. The van der Waals surface area contributed by atoms with Crippen LogP contribution < -0.4 is 14.7 Å². The van der Waals surface area contributed by atoms with E-state index in [-0.39, 0.29) is 23.8 Å². The molecule has 0 atom stereocenters. The van der Waals surface area contributed by atoms with Crippen LogP contribution in [-0.4, -0.2) is 33.9 Å². The Morgan fingerprint density at radius 2 is 1.92 bits per heavy atom. The Hall–Kier alpha value is -2.45. The van der Waals surface area contributed by atoms with Crippen LogP contribution in [-0.2, 0) is 14.8 Å². The lowest BCUT2D eigenvalue weighted by molar-refractivity contribution is -0.305. The maximum absolute atomic E-state index is 12.7. The van der Waals surface area contributed by atoms with Crippen molar-refractivity contribution < 1.29 is 23.1 Å². The highest BCUT2D eigenvalue weighted by molar-refractivity contribution is 7.89. The van der Waals surface area contributed by atoms with E-state index in [0.29, 0.717) is 41.3 Å². The average molecular weight is 375 g/mol. The summed E-state index contributed by atoms with van der Waals surface area (Å²) in [5.74, 6) is -1.25. The second-order valence-electron chi connectivity index (χ2n) is 6.26. The minimum atomic E-state index is -3.74. The fourth-order valence-electron chi connectivity index (χ4n) is 3.20. The average Bonchev–Trinajstić information content (AvgIpc) is 2.85. The number of rotatable bonds is 8. The van der Waals surface area contributed by atoms with Gasteiger partial charge in [0.15, 0.2) is 0 Å². The molecule has 7 nitrogen and oxygen atoms in total. The molecule has 138 valence electrons. The molecule has 0 radical (unpaired) electrons. The van der Waals surface area contributed by atoms with Gasteiger partial charge in [0.05, 0.1) is 10.6 Å². The topological polar surface area (TPSA) is 107 Å². The van der Waals surface area contributed by atoms with Crippen LogP contribution in [0.1, 0.15) is 36.0 Å². The second kappa shape index (κ2) is 7.05. The third kappa shape index (κ3) is 3.30. The molecule has 0 fully saturated rings. The van der Waals surface area contributed by atoms with Crippen LogP contribution in [0.25, 0.3) is 10.8 Å². The van der Waals surface area contributed by atoms with Crippen molar-refractivity contribution in [1.82, 2.24) is 4.72 Å². The highest BCUT2D eigenvalue weighted by Crippen LogP contribution is 2.39. The van der Waals surface area contributed by atoms with E-state index in [0.717, 1.165) is 0 Å². The van der Waals surface area contributed by atoms with Crippen LogP contribution >= 0.6 is 0 Å². The molecule has 0 unspecified atom stereocenters. The molecule has 2 aromatic rings. The molecular weight excluding hydrogens is 356 g/mol. The van der Waals surface area contributed by atoms with E-state index in [2.05, 4.69) is 4.72 Å². The van der Waals surface area contributed by atoms with Crippen molar-refractivity contribution in [2.24, 2.45) is 0 Å². The molecule has 1 aliphatic heterocycles. The minimum Gasteiger partial charge on any atom is -0.550 e. The van der Waals surface area contributed by atoms with Gasteiger partial charge in [0.1, 0.15) is 0 Å². The van der Waals surface area contributed by atoms with E-state index >= 15 is 0 Å². The molecule has 0 saturated heterocycles. The van der Waals surface area contributed by atoms with Gasteiger partial charge in [0.25, 0.3) is 5.91 Å². The Morgan fingerprint density at radius 3 is 2.65 bits per heavy atom. The van der Waals surface area contributed by atoms with Crippen LogP contribution in [0, 0.1) is 0 Å². The van der Waals surface area contributed by atoms with Crippen molar-refractivity contribution in [1.29, 1.82) is 0 Å². The minimum absolute atomic E-state index is 0.0246. The van der Waals surface area contributed by atoms with Gasteiger partial charge in [-0.3, -0.25) is 4.79 Å². The number of sulfonamides is 1. The van der Waals surface area contributed by atoms with Crippen molar-refractivity contribution in [3.63, 3.8) is 0 Å². The first-order valence-corrected chi connectivity index (χ1v) is 9.84. The second-order valence-corrected chi connectivity index (χ2v) is 7.99. The summed E-state index contributed by atoms with van der Waals surface area (Å²) in [6.07, 6.45) is 1.57. The maximum Gasteiger partial charge on any atom is 0.258 e. The number of hydrogen-bond donors (Lipinski definition) is 1. The zero-order chi connectivity index (χ0) is 18.9. The summed E-state index contributed by atoms with van der Waals surface area (Å²) in [6, 6.07) is 8.22. The number of aliphatic carboxylic acids is 1. The van der Waals surface area contributed by atoms with Crippen LogP contribution in [0.15, 0.2) is 35.2 Å². The number of amides is 1. The van der Waals surface area contributed by atoms with Crippen molar-refractivity contribution in [2.45, 2.75) is 30.6 Å². The number of nitrogens with one attached hydrogen (secondary N) is 1. The molecule has 1 amide bonds. The van der Waals surface area contributed by atoms with Gasteiger partial charge < -0.3 is 14.8 Å². The Kier molecular flexibility index (Phi) is 4.97. The quantitative estimate of drug-likeness (QED) is 0.693. The zero-order valence-corrected chi connectivity index (χ0v) is 15.1. The number of nitrogens with zero attached hydrogens (tertiary/aromatic N) is 1. The first kappa shape index (κ1) is 18.3. The standard InChI is InChI=1S/C18H20N2O5S/c1-20-14-9-10-15(12-6-5-7-13(17(12)14)18(20)23)26(24,25)19-11-4-2-3-8-16(21)22/h5-7,9-10,19H,2-4,8,11H2,1H3,(H,21,22)/p-1. The third-order valence-corrected chi connectivity index (χ3v) is 6.03. The molecule has 1 heterocycles. The lowest BCUT2D eigenvalue weighted by Gasteiger charge is -2.13. The van der Waals surface area contributed by atoms with Crippen molar-refractivity contribution >= 4 is 38.4 Å². The molecule has 26 heavy (non-hydrogen) atoms. The lowest BCUT2D eigenvalue weighted by Crippen LogP contribution is -2.25. The van der Waals surface area contributed by atoms with E-state index < -0.39 is 16.0 Å². The number of carbonyl (C=O) groups excluding carboxylic acids is 2. The van der Waals surface area contributed by atoms with Gasteiger partial charge in [-0.15, -0.1) is 0 Å². The Labute approximate surface area is 151 Å². The molecule has 0 saturated carbocycles. The van der Waals surface area contributed by atoms with Gasteiger partial charge in [0.2, 0.25) is 10.0 Å². The van der Waals surface area contributed by atoms with Crippen molar-refractivity contribution in [2.75, 3.05) is 18.5 Å². The van der Waals surface area contributed by atoms with Crippen LogP contribution in [0.3, 0.4) is 0 Å².